The van der Waals surface area contributed by atoms with Crippen LogP contribution in [0.25, 0.3) is 0 Å². The van der Waals surface area contributed by atoms with Crippen molar-refractivity contribution in [3.63, 3.8) is 0 Å². The molecule has 0 unspecified atom stereocenters. The van der Waals surface area contributed by atoms with Gasteiger partial charge in [0.05, 0.1) is 12.0 Å². The van der Waals surface area contributed by atoms with Gasteiger partial charge in [0.15, 0.2) is 0 Å². The molecule has 0 saturated carbocycles. The van der Waals surface area contributed by atoms with Crippen molar-refractivity contribution >= 4 is 12.1 Å². The summed E-state index contributed by atoms with van der Waals surface area (Å²) < 4.78 is 25.0. The molecule has 6 heteroatoms. The molecule has 0 radical (unpaired) electrons. The normalized spacial score (nSPS) is 19.8. The van der Waals surface area contributed by atoms with Gasteiger partial charge in [0, 0.05) is 6.42 Å². The smallest absolute Gasteiger partial charge is 0.408 e. The second-order valence-corrected chi connectivity index (χ2v) is 8.65. The van der Waals surface area contributed by atoms with Crippen LogP contribution >= 0.6 is 0 Å². The van der Waals surface area contributed by atoms with Crippen molar-refractivity contribution in [1.82, 2.24) is 5.32 Å². The van der Waals surface area contributed by atoms with Crippen LogP contribution in [0.15, 0.2) is 54.6 Å². The Kier molecular flexibility index (Phi) is 6.75. The number of hydrogen-bond donors (Lipinski definition) is 1. The molecule has 3 rings (SSSR count). The molecular formula is C24H28FNO4. The zero-order valence-electron chi connectivity index (χ0n) is 17.6. The highest BCUT2D eigenvalue weighted by Crippen LogP contribution is 2.29. The molecule has 5 nitrogen and oxygen atoms in total. The van der Waals surface area contributed by atoms with E-state index >= 15 is 0 Å². The number of ether oxygens (including phenoxy) is 2. The summed E-state index contributed by atoms with van der Waals surface area (Å²) in [4.78, 5) is 24.9. The van der Waals surface area contributed by atoms with Crippen LogP contribution in [0.4, 0.5) is 9.18 Å². The van der Waals surface area contributed by atoms with Crippen LogP contribution in [0.1, 0.15) is 38.3 Å². The van der Waals surface area contributed by atoms with Gasteiger partial charge >= 0.3 is 12.1 Å². The quantitative estimate of drug-likeness (QED) is 0.712. The molecule has 2 aromatic carbocycles. The Labute approximate surface area is 176 Å². The van der Waals surface area contributed by atoms with E-state index in [0.717, 1.165) is 5.56 Å². The first-order chi connectivity index (χ1) is 14.2. The summed E-state index contributed by atoms with van der Waals surface area (Å²) in [6.45, 7) is 5.37. The Morgan fingerprint density at radius 3 is 2.50 bits per heavy atom. The zero-order valence-corrected chi connectivity index (χ0v) is 17.6. The van der Waals surface area contributed by atoms with Crippen molar-refractivity contribution in [2.45, 2.75) is 57.8 Å². The van der Waals surface area contributed by atoms with E-state index in [1.54, 1.807) is 39.0 Å². The predicted molar refractivity (Wildman–Crippen MR) is 111 cm³/mol. The summed E-state index contributed by atoms with van der Waals surface area (Å²) in [7, 11) is 0. The lowest BCUT2D eigenvalue weighted by molar-refractivity contribution is -0.145. The average molecular weight is 413 g/mol. The van der Waals surface area contributed by atoms with Gasteiger partial charge in [0.25, 0.3) is 0 Å². The maximum absolute atomic E-state index is 14.0. The fourth-order valence-electron chi connectivity index (χ4n) is 3.62. The van der Waals surface area contributed by atoms with Crippen LogP contribution in [0.3, 0.4) is 0 Å². The molecule has 3 atom stereocenters. The molecular weight excluding hydrogens is 385 g/mol. The molecule has 1 N–H and O–H groups in total. The Morgan fingerprint density at radius 1 is 1.17 bits per heavy atom. The third kappa shape index (κ3) is 6.05. The molecule has 1 aliphatic rings. The third-order valence-corrected chi connectivity index (χ3v) is 4.99. The fraction of sp³-hybridized carbons (Fsp3) is 0.417. The van der Waals surface area contributed by atoms with Crippen LogP contribution in [-0.2, 0) is 27.1 Å². The number of amides is 1. The van der Waals surface area contributed by atoms with Gasteiger partial charge in [-0.25, -0.2) is 9.18 Å². The fourth-order valence-corrected chi connectivity index (χ4v) is 3.62. The van der Waals surface area contributed by atoms with E-state index in [9.17, 15) is 14.0 Å². The summed E-state index contributed by atoms with van der Waals surface area (Å²) in [5.41, 5.74) is 0.855. The number of alkyl carbamates (subject to hydrolysis) is 1. The Balaban J connectivity index is 1.73. The lowest BCUT2D eigenvalue weighted by Crippen LogP contribution is -2.46. The number of cyclic esters (lactones) is 1. The molecule has 1 saturated heterocycles. The number of halogens is 1. The van der Waals surface area contributed by atoms with Crippen molar-refractivity contribution in [1.29, 1.82) is 0 Å². The second-order valence-electron chi connectivity index (χ2n) is 8.65. The summed E-state index contributed by atoms with van der Waals surface area (Å²) in [6.07, 6.45) is 0.0938. The Bertz CT molecular complexity index is 878. The van der Waals surface area contributed by atoms with Gasteiger partial charge < -0.3 is 14.8 Å². The molecule has 30 heavy (non-hydrogen) atoms. The minimum atomic E-state index is -0.638. The van der Waals surface area contributed by atoms with Gasteiger partial charge in [-0.3, -0.25) is 4.79 Å². The number of benzene rings is 2. The van der Waals surface area contributed by atoms with Gasteiger partial charge in [0.1, 0.15) is 17.5 Å². The maximum atomic E-state index is 14.0. The van der Waals surface area contributed by atoms with E-state index in [2.05, 4.69) is 5.32 Å². The van der Waals surface area contributed by atoms with Crippen LogP contribution in [0, 0.1) is 11.7 Å². The van der Waals surface area contributed by atoms with Crippen molar-refractivity contribution < 1.29 is 23.5 Å². The average Bonchev–Trinajstić information content (AvgIpc) is 3.03. The first-order valence-corrected chi connectivity index (χ1v) is 10.2. The van der Waals surface area contributed by atoms with Crippen LogP contribution < -0.4 is 5.32 Å². The van der Waals surface area contributed by atoms with Crippen LogP contribution in [0.5, 0.6) is 0 Å². The second kappa shape index (κ2) is 9.28. The standard InChI is InChI=1S/C24H28FNO4/c1-24(2,3)30-23(28)26-20(13-16-9-5-4-6-10-16)21-15-18(22(27)29-21)14-17-11-7-8-12-19(17)25/h4-12,18,20-21H,13-15H2,1-3H3,(H,26,28)/t18-,20+,21+/m1/s1. The number of hydrogen-bond acceptors (Lipinski definition) is 4. The molecule has 1 amide bonds. The summed E-state index contributed by atoms with van der Waals surface area (Å²) in [5, 5.41) is 2.87. The van der Waals surface area contributed by atoms with E-state index < -0.39 is 29.8 Å². The largest absolute Gasteiger partial charge is 0.460 e. The lowest BCUT2D eigenvalue weighted by atomic mass is 9.92. The van der Waals surface area contributed by atoms with E-state index in [4.69, 9.17) is 9.47 Å². The van der Waals surface area contributed by atoms with E-state index in [1.165, 1.54) is 6.07 Å². The van der Waals surface area contributed by atoms with Crippen molar-refractivity contribution in [2.75, 3.05) is 0 Å². The van der Waals surface area contributed by atoms with Crippen LogP contribution in [0.2, 0.25) is 0 Å². The summed E-state index contributed by atoms with van der Waals surface area (Å²) in [6, 6.07) is 15.6. The van der Waals surface area contributed by atoms with Gasteiger partial charge in [0.2, 0.25) is 0 Å². The summed E-state index contributed by atoms with van der Waals surface area (Å²) >= 11 is 0. The van der Waals surface area contributed by atoms with Gasteiger partial charge in [-0.15, -0.1) is 0 Å². The number of rotatable bonds is 6. The molecule has 1 aliphatic heterocycles. The Hall–Kier alpha value is -2.89. The highest BCUT2D eigenvalue weighted by Gasteiger charge is 2.40. The molecule has 2 aromatic rings. The molecule has 1 heterocycles. The van der Waals surface area contributed by atoms with Gasteiger partial charge in [-0.05, 0) is 50.8 Å². The highest BCUT2D eigenvalue weighted by molar-refractivity contribution is 5.75. The topological polar surface area (TPSA) is 64.6 Å². The number of carbonyl (C=O) groups is 2. The van der Waals surface area contributed by atoms with Gasteiger partial charge in [-0.2, -0.15) is 0 Å². The van der Waals surface area contributed by atoms with Crippen molar-refractivity contribution in [3.8, 4) is 0 Å². The first-order valence-electron chi connectivity index (χ1n) is 10.2. The molecule has 0 bridgehead atoms. The highest BCUT2D eigenvalue weighted by atomic mass is 19.1. The molecule has 0 aliphatic carbocycles. The Morgan fingerprint density at radius 2 is 1.83 bits per heavy atom. The maximum Gasteiger partial charge on any atom is 0.408 e. The first kappa shape index (κ1) is 21.8. The molecule has 160 valence electrons. The van der Waals surface area contributed by atoms with E-state index in [1.807, 2.05) is 30.3 Å². The van der Waals surface area contributed by atoms with Crippen LogP contribution in [-0.4, -0.2) is 29.8 Å². The monoisotopic (exact) mass is 413 g/mol. The number of esters is 1. The molecule has 0 aromatic heterocycles. The van der Waals surface area contributed by atoms with Gasteiger partial charge in [-0.1, -0.05) is 48.5 Å². The lowest BCUT2D eigenvalue weighted by Gasteiger charge is -2.26. The van der Waals surface area contributed by atoms with Crippen molar-refractivity contribution in [2.24, 2.45) is 5.92 Å². The minimum Gasteiger partial charge on any atom is -0.460 e. The molecule has 1 fully saturated rings. The number of carbonyl (C=O) groups excluding carboxylic acids is 2. The minimum absolute atomic E-state index is 0.270. The molecule has 0 spiro atoms. The van der Waals surface area contributed by atoms with E-state index in [-0.39, 0.29) is 18.2 Å². The zero-order chi connectivity index (χ0) is 21.7. The predicted octanol–water partition coefficient (Wildman–Crippen LogP) is 4.44. The summed E-state index contributed by atoms with van der Waals surface area (Å²) in [5.74, 6) is -1.15. The van der Waals surface area contributed by atoms with E-state index in [0.29, 0.717) is 18.4 Å². The number of nitrogens with one attached hydrogen (secondary N) is 1. The van der Waals surface area contributed by atoms with Crippen molar-refractivity contribution in [3.05, 3.63) is 71.5 Å². The third-order valence-electron chi connectivity index (χ3n) is 4.99. The SMILES string of the molecule is CC(C)(C)OC(=O)N[C@@H](Cc1ccccc1)[C@@H]1C[C@@H](Cc2ccccc2F)C(=O)O1.